The zero-order valence-corrected chi connectivity index (χ0v) is 38.8. The highest BCUT2D eigenvalue weighted by Gasteiger charge is 2.59. The molecule has 65 heavy (non-hydrogen) atoms. The summed E-state index contributed by atoms with van der Waals surface area (Å²) in [5, 5.41) is 57.4. The molecule has 4 aliphatic rings. The van der Waals surface area contributed by atoms with Gasteiger partial charge in [-0.3, -0.25) is 9.59 Å². The van der Waals surface area contributed by atoms with E-state index in [1.54, 1.807) is 46.8 Å². The fraction of sp³-hybridized carbons (Fsp3) is 0.681. The van der Waals surface area contributed by atoms with E-state index in [0.717, 1.165) is 19.3 Å². The molecule has 0 aromatic carbocycles. The van der Waals surface area contributed by atoms with Gasteiger partial charge in [-0.05, 0) is 38.2 Å². The smallest absolute Gasteiger partial charge is 0.331 e. The van der Waals surface area contributed by atoms with E-state index >= 15 is 0 Å². The van der Waals surface area contributed by atoms with Crippen molar-refractivity contribution in [3.8, 4) is 0 Å². The molecular formula is C47H68O18. The summed E-state index contributed by atoms with van der Waals surface area (Å²) in [7, 11) is 2.38. The van der Waals surface area contributed by atoms with Crippen molar-refractivity contribution in [1.29, 1.82) is 0 Å². The average molecular weight is 921 g/mol. The molecule has 3 saturated heterocycles. The summed E-state index contributed by atoms with van der Waals surface area (Å²) in [6.07, 6.45) is -0.770. The topological polar surface area (TPSA) is 260 Å². The quantitative estimate of drug-likeness (QED) is 0.0731. The number of aliphatic hydroxyl groups excluding tert-OH is 3. The molecule has 0 aromatic heterocycles. The van der Waals surface area contributed by atoms with E-state index in [1.807, 2.05) is 0 Å². The number of hydrogen-bond donors (Lipinski definition) is 5. The number of cyclic esters (lactones) is 1. The Hall–Kier alpha value is -4.27. The molecule has 0 aromatic rings. The summed E-state index contributed by atoms with van der Waals surface area (Å²) in [4.78, 5) is 64.7. The van der Waals surface area contributed by atoms with E-state index in [9.17, 15) is 49.5 Å². The van der Waals surface area contributed by atoms with Crippen molar-refractivity contribution < 1.29 is 87.4 Å². The Morgan fingerprint density at radius 2 is 1.54 bits per heavy atom. The second kappa shape index (κ2) is 22.5. The second-order valence-electron chi connectivity index (χ2n) is 18.4. The molecule has 0 aliphatic carbocycles. The van der Waals surface area contributed by atoms with Gasteiger partial charge in [0, 0.05) is 56.3 Å². The predicted molar refractivity (Wildman–Crippen MR) is 230 cm³/mol. The molecular weight excluding hydrogens is 852 g/mol. The number of rotatable bonds is 9. The molecule has 0 spiro atoms. The van der Waals surface area contributed by atoms with Gasteiger partial charge in [-0.25, -0.2) is 14.4 Å². The largest absolute Gasteiger partial charge is 0.466 e. The number of ether oxygens (including phenoxy) is 8. The molecule has 5 N–H and O–H groups in total. The molecule has 4 rings (SSSR count). The van der Waals surface area contributed by atoms with Gasteiger partial charge in [-0.2, -0.15) is 0 Å². The molecule has 18 heteroatoms. The van der Waals surface area contributed by atoms with E-state index in [2.05, 4.69) is 0 Å². The van der Waals surface area contributed by atoms with Crippen LogP contribution in [0.4, 0.5) is 0 Å². The maximum absolute atomic E-state index is 13.4. The van der Waals surface area contributed by atoms with Crippen LogP contribution < -0.4 is 0 Å². The molecule has 18 nitrogen and oxygen atoms in total. The van der Waals surface area contributed by atoms with E-state index in [-0.39, 0.29) is 50.5 Å². The van der Waals surface area contributed by atoms with Crippen LogP contribution in [0, 0.1) is 10.8 Å². The Labute approximate surface area is 380 Å². The lowest BCUT2D eigenvalue weighted by atomic mass is 9.70. The summed E-state index contributed by atoms with van der Waals surface area (Å²) in [5.41, 5.74) is -2.16. The number of fused-ring (bicyclic) bond motifs is 6. The number of carbonyl (C=O) groups excluding carboxylic acids is 5. The van der Waals surface area contributed by atoms with Crippen molar-refractivity contribution in [1.82, 2.24) is 0 Å². The number of carbonyl (C=O) groups is 5. The van der Waals surface area contributed by atoms with Crippen molar-refractivity contribution in [2.45, 2.75) is 179 Å². The lowest BCUT2D eigenvalue weighted by molar-refractivity contribution is -0.348. The fourth-order valence-electron chi connectivity index (χ4n) is 8.56. The normalized spacial score (nSPS) is 35.9. The zero-order chi connectivity index (χ0) is 48.5. The molecule has 0 saturated carbocycles. The van der Waals surface area contributed by atoms with Crippen molar-refractivity contribution >= 4 is 29.8 Å². The third-order valence-electron chi connectivity index (χ3n) is 12.5. The fourth-order valence-corrected chi connectivity index (χ4v) is 8.56. The lowest BCUT2D eigenvalue weighted by Crippen LogP contribution is -2.62. The van der Waals surface area contributed by atoms with Crippen LogP contribution in [0.2, 0.25) is 0 Å². The van der Waals surface area contributed by atoms with Crippen LogP contribution in [-0.4, -0.2) is 142 Å². The van der Waals surface area contributed by atoms with Crippen LogP contribution in [0.5, 0.6) is 0 Å². The van der Waals surface area contributed by atoms with Crippen LogP contribution >= 0.6 is 0 Å². The Morgan fingerprint density at radius 1 is 0.862 bits per heavy atom. The molecule has 4 aliphatic heterocycles. The standard InChI is InChI=1S/C47H68O18/c1-10-31(50)13-11-12-14-39(52)63-43-30(21-41(54)59-9)20-34-24-37(27(2)48)62-42(55)23-32(51)22-35-25-38(60-28(3)49)45(6,7)46(56,64-35)26-36-18-29(19-40(53)58-8)17-33(61-36)15-16-44(4,5)47(43,57)65-34/h11-16,19,21,27,31-38,43,48,50-51,56-57H,10,17-18,20,22-26H2,1-9H3/b13-11+,14-12+,16-15+,29-19+,30-21+/t27-,31?,32-,33+,34+,35-,36+,37-,38+,43+,46+,47-/m1/s1. The first-order valence-corrected chi connectivity index (χ1v) is 22.0. The first-order valence-electron chi connectivity index (χ1n) is 22.0. The van der Waals surface area contributed by atoms with Crippen LogP contribution in [-0.2, 0) is 61.9 Å². The highest BCUT2D eigenvalue weighted by Crippen LogP contribution is 2.50. The first kappa shape index (κ1) is 53.3. The van der Waals surface area contributed by atoms with E-state index in [0.29, 0.717) is 12.0 Å². The minimum atomic E-state index is -2.51. The zero-order valence-electron chi connectivity index (χ0n) is 38.8. The van der Waals surface area contributed by atoms with E-state index < -0.39 is 120 Å². The van der Waals surface area contributed by atoms with Gasteiger partial charge in [0.2, 0.25) is 5.79 Å². The molecule has 6 bridgehead atoms. The SMILES string of the molecule is CCC(O)/C=C/C=C/C(=O)O[C@H]1/C(=C/C(=O)OC)C[C@H]2C[C@H]([C@@H](C)O)OC(=O)C[C@H](O)C[C@@H]3C[C@H](OC(C)=O)C(C)(C)[C@](O)(C[C@@H]4C/C(=C/C(=O)OC)C[C@H](/C=C/C(C)(C)[C@]1(O)O2)O4)O3. The van der Waals surface area contributed by atoms with Crippen molar-refractivity contribution in [3.05, 3.63) is 59.8 Å². The molecule has 4 heterocycles. The maximum Gasteiger partial charge on any atom is 0.331 e. The Bertz CT molecular complexity index is 1860. The maximum atomic E-state index is 13.4. The van der Waals surface area contributed by atoms with Gasteiger partial charge in [0.05, 0.1) is 68.8 Å². The monoisotopic (exact) mass is 920 g/mol. The van der Waals surface area contributed by atoms with Gasteiger partial charge in [0.1, 0.15) is 12.2 Å². The number of allylic oxidation sites excluding steroid dienone is 2. The van der Waals surface area contributed by atoms with Gasteiger partial charge in [-0.1, -0.05) is 70.6 Å². The minimum Gasteiger partial charge on any atom is -0.466 e. The van der Waals surface area contributed by atoms with E-state index in [1.165, 1.54) is 45.3 Å². The summed E-state index contributed by atoms with van der Waals surface area (Å²) in [6, 6.07) is 0. The van der Waals surface area contributed by atoms with Crippen LogP contribution in [0.15, 0.2) is 59.8 Å². The number of methoxy groups -OCH3 is 2. The van der Waals surface area contributed by atoms with Gasteiger partial charge < -0.3 is 63.4 Å². The van der Waals surface area contributed by atoms with Crippen LogP contribution in [0.25, 0.3) is 0 Å². The summed E-state index contributed by atoms with van der Waals surface area (Å²) >= 11 is 0. The highest BCUT2D eigenvalue weighted by atomic mass is 16.7. The Balaban J connectivity index is 1.89. The van der Waals surface area contributed by atoms with E-state index in [4.69, 9.17) is 37.9 Å². The van der Waals surface area contributed by atoms with Crippen molar-refractivity contribution in [2.24, 2.45) is 10.8 Å². The number of hydrogen-bond acceptors (Lipinski definition) is 18. The molecule has 0 amide bonds. The molecule has 1 unspecified atom stereocenters. The summed E-state index contributed by atoms with van der Waals surface area (Å²) in [5.74, 6) is -8.52. The minimum absolute atomic E-state index is 0.0623. The number of aliphatic hydroxyl groups is 5. The van der Waals surface area contributed by atoms with Gasteiger partial charge in [-0.15, -0.1) is 0 Å². The van der Waals surface area contributed by atoms with Crippen LogP contribution in [0.1, 0.15) is 106 Å². The average Bonchev–Trinajstić information content (AvgIpc) is 3.20. The first-order chi connectivity index (χ1) is 30.3. The lowest BCUT2D eigenvalue weighted by Gasteiger charge is -2.53. The highest BCUT2D eigenvalue weighted by molar-refractivity contribution is 5.85. The third kappa shape index (κ3) is 13.9. The molecule has 12 atom stereocenters. The third-order valence-corrected chi connectivity index (χ3v) is 12.5. The Kier molecular flexibility index (Phi) is 18.5. The molecule has 0 radical (unpaired) electrons. The van der Waals surface area contributed by atoms with Gasteiger partial charge >= 0.3 is 29.8 Å². The molecule has 364 valence electrons. The predicted octanol–water partition coefficient (Wildman–Crippen LogP) is 3.25. The van der Waals surface area contributed by atoms with Gasteiger partial charge in [0.15, 0.2) is 11.9 Å². The van der Waals surface area contributed by atoms with Gasteiger partial charge in [0.25, 0.3) is 0 Å². The van der Waals surface area contributed by atoms with Crippen molar-refractivity contribution in [2.75, 3.05) is 14.2 Å². The molecule has 3 fully saturated rings. The Morgan fingerprint density at radius 3 is 2.17 bits per heavy atom. The summed E-state index contributed by atoms with van der Waals surface area (Å²) in [6.45, 7) is 10.9. The summed E-state index contributed by atoms with van der Waals surface area (Å²) < 4.78 is 46.6. The number of esters is 5. The van der Waals surface area contributed by atoms with Crippen molar-refractivity contribution in [3.63, 3.8) is 0 Å². The van der Waals surface area contributed by atoms with Crippen LogP contribution in [0.3, 0.4) is 0 Å². The second-order valence-corrected chi connectivity index (χ2v) is 18.4.